The number of rotatable bonds is 15. The van der Waals surface area contributed by atoms with E-state index >= 15 is 0 Å². The van der Waals surface area contributed by atoms with Crippen LogP contribution in [-0.4, -0.2) is 102 Å². The second kappa shape index (κ2) is 27.7. The van der Waals surface area contributed by atoms with Crippen molar-refractivity contribution in [3.63, 3.8) is 0 Å². The van der Waals surface area contributed by atoms with Crippen LogP contribution >= 0.6 is 0 Å². The number of nitrogens with zero attached hydrogens (tertiary/aromatic N) is 3. The average Bonchev–Trinajstić information content (AvgIpc) is 3.50. The molecule has 1 saturated heterocycles. The number of hydrogen-bond acceptors (Lipinski definition) is 8. The maximum atomic E-state index is 12.2. The molecule has 6 amide bonds. The highest BCUT2D eigenvalue weighted by Crippen LogP contribution is 2.39. The van der Waals surface area contributed by atoms with Crippen LogP contribution in [0.1, 0.15) is 123 Å². The molecule has 2 fully saturated rings. The molecule has 1 saturated carbocycles. The van der Waals surface area contributed by atoms with E-state index in [1.807, 2.05) is 43.9 Å². The van der Waals surface area contributed by atoms with Crippen molar-refractivity contribution >= 4 is 46.2 Å². The summed E-state index contributed by atoms with van der Waals surface area (Å²) in [5.74, 6) is -1.30. The van der Waals surface area contributed by atoms with E-state index in [2.05, 4.69) is 56.1 Å². The third-order valence-corrected chi connectivity index (χ3v) is 9.97. The number of fused-ring (bicyclic) bond motifs is 1. The molecule has 2 heterocycles. The lowest BCUT2D eigenvalue weighted by Gasteiger charge is -2.23. The van der Waals surface area contributed by atoms with Crippen LogP contribution in [-0.2, 0) is 42.0 Å². The number of benzene rings is 1. The largest absolute Gasteiger partial charge is 0.465 e. The number of terminal acetylenes is 1. The third kappa shape index (κ3) is 20.0. The van der Waals surface area contributed by atoms with E-state index in [0.29, 0.717) is 32.5 Å². The summed E-state index contributed by atoms with van der Waals surface area (Å²) in [7, 11) is -2.41. The number of nitrogens with one attached hydrogen (secondary N) is 3. The predicted molar refractivity (Wildman–Crippen MR) is 228 cm³/mol. The van der Waals surface area contributed by atoms with Gasteiger partial charge >= 0.3 is 22.4 Å². The van der Waals surface area contributed by atoms with Crippen LogP contribution in [0.15, 0.2) is 36.9 Å². The van der Waals surface area contributed by atoms with Crippen LogP contribution < -0.4 is 15.4 Å². The molecule has 58 heavy (non-hydrogen) atoms. The molecule has 2 unspecified atom stereocenters. The van der Waals surface area contributed by atoms with Crippen LogP contribution in [0.25, 0.3) is 6.08 Å². The monoisotopic (exact) mass is 832 g/mol. The quantitative estimate of drug-likeness (QED) is 0.0904. The van der Waals surface area contributed by atoms with Gasteiger partial charge in [0, 0.05) is 39.6 Å². The van der Waals surface area contributed by atoms with Gasteiger partial charge in [-0.3, -0.25) is 19.3 Å². The SMILES string of the molecule is C#C.C=CCC(NC(C)=O)C(=O)NS(=O)(=O)OC1(C)CC1.CC.CC1CCCN1C(=O)CNC(=O)N(C)CCCC/C=C/c1cccc2c1CN(C(=O)O)C2.CCC. The Hall–Kier alpha value is -4.88. The minimum absolute atomic E-state index is 0.0132. The van der Waals surface area contributed by atoms with Gasteiger partial charge in [0.05, 0.1) is 18.7 Å². The molecule has 1 aromatic carbocycles. The molecular formula is C42H68N6O9S. The lowest BCUT2D eigenvalue weighted by Crippen LogP contribution is -2.48. The van der Waals surface area contributed by atoms with Crippen molar-refractivity contribution in [2.24, 2.45) is 0 Å². The fourth-order valence-corrected chi connectivity index (χ4v) is 6.86. The van der Waals surface area contributed by atoms with Crippen LogP contribution in [0, 0.1) is 12.8 Å². The van der Waals surface area contributed by atoms with Gasteiger partial charge in [0.1, 0.15) is 6.04 Å². The van der Waals surface area contributed by atoms with E-state index in [0.717, 1.165) is 55.3 Å². The predicted octanol–water partition coefficient (Wildman–Crippen LogP) is 6.21. The highest BCUT2D eigenvalue weighted by atomic mass is 32.2. The first kappa shape index (κ1) is 53.1. The number of urea groups is 1. The Kier molecular flexibility index (Phi) is 25.4. The van der Waals surface area contributed by atoms with E-state index in [4.69, 9.17) is 4.18 Å². The summed E-state index contributed by atoms with van der Waals surface area (Å²) < 4.78 is 29.8. The number of amides is 6. The van der Waals surface area contributed by atoms with Crippen molar-refractivity contribution in [2.45, 2.75) is 137 Å². The van der Waals surface area contributed by atoms with Crippen LogP contribution in [0.5, 0.6) is 0 Å². The third-order valence-electron chi connectivity index (χ3n) is 8.90. The molecule has 0 bridgehead atoms. The molecule has 2 atom stereocenters. The van der Waals surface area contributed by atoms with Gasteiger partial charge in [-0.25, -0.2) is 18.5 Å². The topological polar surface area (TPSA) is 195 Å². The average molecular weight is 833 g/mol. The molecule has 4 N–H and O–H groups in total. The van der Waals surface area contributed by atoms with Crippen LogP contribution in [0.3, 0.4) is 0 Å². The summed E-state index contributed by atoms with van der Waals surface area (Å²) in [6.45, 7) is 19.0. The molecule has 1 aliphatic carbocycles. The normalized spacial score (nSPS) is 16.1. The van der Waals surface area contributed by atoms with Gasteiger partial charge in [-0.1, -0.05) is 70.5 Å². The summed E-state index contributed by atoms with van der Waals surface area (Å²) >= 11 is 0. The van der Waals surface area contributed by atoms with Crippen molar-refractivity contribution in [3.8, 4) is 12.8 Å². The van der Waals surface area contributed by atoms with Gasteiger partial charge in [0.15, 0.2) is 0 Å². The molecule has 326 valence electrons. The Labute approximate surface area is 347 Å². The molecule has 0 spiro atoms. The van der Waals surface area contributed by atoms with Crippen molar-refractivity contribution < 1.29 is 41.7 Å². The molecular weight excluding hydrogens is 765 g/mol. The molecule has 0 aromatic heterocycles. The van der Waals surface area contributed by atoms with Crippen molar-refractivity contribution in [2.75, 3.05) is 26.7 Å². The van der Waals surface area contributed by atoms with E-state index in [1.165, 1.54) is 24.3 Å². The first-order chi connectivity index (χ1) is 27.5. The van der Waals surface area contributed by atoms with Gasteiger partial charge in [-0.05, 0) is 81.9 Å². The minimum Gasteiger partial charge on any atom is -0.465 e. The van der Waals surface area contributed by atoms with Crippen molar-refractivity contribution in [1.82, 2.24) is 30.1 Å². The van der Waals surface area contributed by atoms with Gasteiger partial charge in [0.2, 0.25) is 11.8 Å². The molecule has 0 radical (unpaired) electrons. The smallest absolute Gasteiger partial charge is 0.407 e. The Morgan fingerprint density at radius 3 is 2.29 bits per heavy atom. The lowest BCUT2D eigenvalue weighted by molar-refractivity contribution is -0.130. The van der Waals surface area contributed by atoms with Gasteiger partial charge in [0.25, 0.3) is 5.91 Å². The number of hydrogen-bond donors (Lipinski definition) is 4. The number of unbranched alkanes of at least 4 members (excludes halogenated alkanes) is 2. The Morgan fingerprint density at radius 1 is 1.12 bits per heavy atom. The van der Waals surface area contributed by atoms with Gasteiger partial charge in [-0.15, -0.1) is 19.4 Å². The van der Waals surface area contributed by atoms with E-state index in [9.17, 15) is 37.5 Å². The lowest BCUT2D eigenvalue weighted by atomic mass is 10.0. The molecule has 15 nitrogen and oxygen atoms in total. The zero-order valence-corrected chi connectivity index (χ0v) is 36.7. The summed E-state index contributed by atoms with van der Waals surface area (Å²) in [5.41, 5.74) is 2.51. The first-order valence-corrected chi connectivity index (χ1v) is 21.4. The van der Waals surface area contributed by atoms with E-state index < -0.39 is 39.9 Å². The number of carbonyl (C=O) groups excluding carboxylic acids is 4. The van der Waals surface area contributed by atoms with E-state index in [1.54, 1.807) is 23.6 Å². The Morgan fingerprint density at radius 2 is 1.76 bits per heavy atom. The zero-order chi connectivity index (χ0) is 44.5. The fraction of sp³-hybridized carbons (Fsp3) is 0.595. The maximum absolute atomic E-state index is 12.2. The molecule has 4 rings (SSSR count). The minimum atomic E-state index is -4.16. The van der Waals surface area contributed by atoms with Crippen molar-refractivity contribution in [1.29, 1.82) is 0 Å². The fourth-order valence-electron chi connectivity index (χ4n) is 5.74. The van der Waals surface area contributed by atoms with Crippen molar-refractivity contribution in [3.05, 3.63) is 53.6 Å². The van der Waals surface area contributed by atoms with Gasteiger partial charge < -0.3 is 25.5 Å². The second-order valence-electron chi connectivity index (χ2n) is 14.1. The number of allylic oxidation sites excluding steroid dienone is 1. The number of carbonyl (C=O) groups is 5. The van der Waals surface area contributed by atoms with Gasteiger partial charge in [-0.2, -0.15) is 8.42 Å². The number of likely N-dealkylation sites (tertiary alicyclic amines) is 1. The molecule has 16 heteroatoms. The summed E-state index contributed by atoms with van der Waals surface area (Å²) in [6, 6.07) is 5.02. The van der Waals surface area contributed by atoms with E-state index in [-0.39, 0.29) is 30.9 Å². The highest BCUT2D eigenvalue weighted by Gasteiger charge is 2.44. The Bertz CT molecular complexity index is 1640. The second-order valence-corrected chi connectivity index (χ2v) is 15.4. The molecule has 2 aliphatic heterocycles. The summed E-state index contributed by atoms with van der Waals surface area (Å²) in [6.07, 6.45) is 20.1. The molecule has 3 aliphatic rings. The van der Waals surface area contributed by atoms with Crippen LogP contribution in [0.4, 0.5) is 9.59 Å². The standard InChI is InChI=1S/C24H34N4O4.C11H18N2O5S.C3H8.C2H6.C2H2/c1-18-9-8-14-28(18)22(29)15-25-23(30)26(2)13-6-4-3-5-10-19-11-7-12-20-16-27(24(31)32)17-21(19)20;1-4-5-9(12-8(2)14)10(15)13-19(16,17)18-11(3)6-7-11;1-3-2;2*1-2/h5,7,10-12,18H,3-4,6,8-9,13-17H2,1-2H3,(H,25,30)(H,31,32);4,9H,1,5-7H2,2-3H3,(H,12,14)(H,13,15);3H2,1-2H3;1-2H3;1-2H/b10-5+;;;;. The highest BCUT2D eigenvalue weighted by molar-refractivity contribution is 7.85. The first-order valence-electron chi connectivity index (χ1n) is 20.0. The maximum Gasteiger partial charge on any atom is 0.407 e. The summed E-state index contributed by atoms with van der Waals surface area (Å²) in [4.78, 5) is 63.2. The number of carboxylic acid groups (broad SMARTS) is 1. The zero-order valence-electron chi connectivity index (χ0n) is 35.8. The molecule has 1 aromatic rings. The summed E-state index contributed by atoms with van der Waals surface area (Å²) in [5, 5.41) is 14.3. The Balaban J connectivity index is 0.00000106. The van der Waals surface area contributed by atoms with Crippen LogP contribution in [0.2, 0.25) is 0 Å².